The minimum absolute atomic E-state index is 0.0183. The predicted octanol–water partition coefficient (Wildman–Crippen LogP) is 3.37. The standard InChI is InChI=1S/C34H49N7O3/c1-22(41-17-7-8-28(41)20-35)21-36-16-15-34(32-37-33(43)44-38-32)29-13-11-24(23(2)39(3)4)18-25(29)9-10-26-19-27(12-14-30(26)34)31(42)40(5)6/h12,14,19,24-25,28-29,33,36,43H,1-2,7-11,13,15-18,21H2,3-6H3,(H,37,38)/t24?,25-,28?,29?,33?,34?/m0/s1. The van der Waals surface area contributed by atoms with Crippen molar-refractivity contribution in [2.75, 3.05) is 47.8 Å². The number of aliphatic hydroxyl groups excluding tert-OH is 1. The molecule has 2 aliphatic heterocycles. The highest BCUT2D eigenvalue weighted by molar-refractivity contribution is 5.96. The van der Waals surface area contributed by atoms with Crippen molar-refractivity contribution in [2.45, 2.75) is 69.2 Å². The lowest BCUT2D eigenvalue weighted by Gasteiger charge is -2.48. The summed E-state index contributed by atoms with van der Waals surface area (Å²) in [5.41, 5.74) is 7.57. The molecule has 44 heavy (non-hydrogen) atoms. The van der Waals surface area contributed by atoms with Gasteiger partial charge >= 0.3 is 0 Å². The van der Waals surface area contributed by atoms with Gasteiger partial charge in [-0.2, -0.15) is 5.26 Å². The Morgan fingerprint density at radius 2 is 2.02 bits per heavy atom. The Morgan fingerprint density at radius 1 is 1.23 bits per heavy atom. The summed E-state index contributed by atoms with van der Waals surface area (Å²) in [5.74, 6) is 1.69. The number of nitriles is 1. The quantitative estimate of drug-likeness (QED) is 0.349. The maximum absolute atomic E-state index is 13.0. The molecule has 2 fully saturated rings. The minimum atomic E-state index is -1.27. The second kappa shape index (κ2) is 13.3. The Hall–Kier alpha value is -3.39. The number of aliphatic imine (C=N–C) groups is 1. The summed E-state index contributed by atoms with van der Waals surface area (Å²) in [5, 5.41) is 23.6. The number of likely N-dealkylation sites (tertiary alicyclic amines) is 1. The fraction of sp³-hybridized carbons (Fsp3) is 0.618. The van der Waals surface area contributed by atoms with Crippen molar-refractivity contribution in [3.8, 4) is 6.07 Å². The van der Waals surface area contributed by atoms with Gasteiger partial charge in [0.1, 0.15) is 11.9 Å². The number of hydrogen-bond donors (Lipinski definition) is 3. The third-order valence-electron chi connectivity index (χ3n) is 10.4. The van der Waals surface area contributed by atoms with E-state index in [1.165, 1.54) is 5.70 Å². The van der Waals surface area contributed by atoms with Crippen molar-refractivity contribution >= 4 is 11.7 Å². The molecule has 3 N–H and O–H groups in total. The molecule has 2 aliphatic carbocycles. The molecule has 0 spiro atoms. The molecule has 6 atom stereocenters. The molecule has 10 heteroatoms. The average Bonchev–Trinajstić information content (AvgIpc) is 3.66. The molecule has 2 heterocycles. The number of carbonyl (C=O) groups excluding carboxylic acids is 1. The van der Waals surface area contributed by atoms with Crippen LogP contribution in [0.15, 0.2) is 47.7 Å². The van der Waals surface area contributed by atoms with Crippen molar-refractivity contribution in [2.24, 2.45) is 22.7 Å². The highest BCUT2D eigenvalue weighted by atomic mass is 16.7. The third-order valence-corrected chi connectivity index (χ3v) is 10.4. The number of amidine groups is 1. The Morgan fingerprint density at radius 3 is 2.70 bits per heavy atom. The van der Waals surface area contributed by atoms with Gasteiger partial charge in [-0.05, 0) is 98.9 Å². The summed E-state index contributed by atoms with van der Waals surface area (Å²) in [6.45, 7) is 10.9. The predicted molar refractivity (Wildman–Crippen MR) is 171 cm³/mol. The van der Waals surface area contributed by atoms with Crippen LogP contribution in [-0.4, -0.2) is 91.8 Å². The molecule has 5 unspecified atom stereocenters. The Balaban J connectivity index is 1.51. The van der Waals surface area contributed by atoms with Crippen LogP contribution in [0.4, 0.5) is 0 Å². The number of nitrogens with zero attached hydrogens (tertiary/aromatic N) is 5. The average molecular weight is 604 g/mol. The molecule has 238 valence electrons. The molecular weight excluding hydrogens is 554 g/mol. The molecule has 0 aromatic heterocycles. The van der Waals surface area contributed by atoms with E-state index in [2.05, 4.69) is 71.0 Å². The maximum atomic E-state index is 13.0. The monoisotopic (exact) mass is 603 g/mol. The molecule has 1 aromatic rings. The van der Waals surface area contributed by atoms with Crippen LogP contribution in [0.3, 0.4) is 0 Å². The number of benzene rings is 1. The lowest BCUT2D eigenvalue weighted by Crippen LogP contribution is -2.53. The van der Waals surface area contributed by atoms with Crippen molar-refractivity contribution < 1.29 is 14.7 Å². The van der Waals surface area contributed by atoms with Gasteiger partial charge in [-0.25, -0.2) is 15.3 Å². The number of aliphatic hydroxyl groups is 1. The van der Waals surface area contributed by atoms with Crippen molar-refractivity contribution in [1.29, 1.82) is 5.26 Å². The molecule has 5 rings (SSSR count). The second-order valence-electron chi connectivity index (χ2n) is 13.3. The number of allylic oxidation sites excluding steroid dienone is 1. The van der Waals surface area contributed by atoms with Crippen LogP contribution in [0.1, 0.15) is 66.4 Å². The van der Waals surface area contributed by atoms with Gasteiger partial charge in [0.25, 0.3) is 12.3 Å². The van der Waals surface area contributed by atoms with Gasteiger partial charge in [-0.1, -0.05) is 19.2 Å². The molecule has 0 radical (unpaired) electrons. The van der Waals surface area contributed by atoms with E-state index in [9.17, 15) is 15.2 Å². The van der Waals surface area contributed by atoms with Crippen LogP contribution in [0.2, 0.25) is 0 Å². The van der Waals surface area contributed by atoms with Gasteiger partial charge in [0.2, 0.25) is 0 Å². The Bertz CT molecular complexity index is 1330. The second-order valence-corrected chi connectivity index (χ2v) is 13.3. The topological polar surface area (TPSA) is 116 Å². The first kappa shape index (κ1) is 32.0. The van der Waals surface area contributed by atoms with Gasteiger partial charge in [-0.15, -0.1) is 0 Å². The molecule has 10 nitrogen and oxygen atoms in total. The molecule has 1 amide bonds. The number of nitrogens with one attached hydrogen (secondary N) is 2. The first-order valence-electron chi connectivity index (χ1n) is 16.0. The number of hydrogen-bond acceptors (Lipinski definition) is 9. The normalized spacial score (nSPS) is 29.4. The number of amides is 1. The molecule has 1 saturated heterocycles. The summed E-state index contributed by atoms with van der Waals surface area (Å²) in [6.07, 6.45) is 6.25. The highest BCUT2D eigenvalue weighted by Gasteiger charge is 2.53. The van der Waals surface area contributed by atoms with E-state index in [0.717, 1.165) is 74.7 Å². The number of fused-ring (bicyclic) bond motifs is 2. The highest BCUT2D eigenvalue weighted by Crippen LogP contribution is 2.54. The minimum Gasteiger partial charge on any atom is -0.381 e. The van der Waals surface area contributed by atoms with Crippen LogP contribution in [0, 0.1) is 29.1 Å². The summed E-state index contributed by atoms with van der Waals surface area (Å²) in [7, 11) is 7.70. The van der Waals surface area contributed by atoms with Crippen molar-refractivity contribution in [3.05, 3.63) is 59.4 Å². The number of rotatable bonds is 10. The lowest BCUT2D eigenvalue weighted by atomic mass is 9.57. The van der Waals surface area contributed by atoms with E-state index in [-0.39, 0.29) is 17.9 Å². The Labute approximate surface area is 262 Å². The van der Waals surface area contributed by atoms with Gasteiger partial charge in [0.05, 0.1) is 11.5 Å². The van der Waals surface area contributed by atoms with E-state index in [1.807, 2.05) is 6.07 Å². The number of carbonyl (C=O) groups is 1. The van der Waals surface area contributed by atoms with Crippen LogP contribution < -0.4 is 10.8 Å². The smallest absolute Gasteiger partial charge is 0.280 e. The zero-order valence-electron chi connectivity index (χ0n) is 26.8. The number of hydroxylamine groups is 1. The van der Waals surface area contributed by atoms with E-state index in [1.54, 1.807) is 19.0 Å². The number of aryl methyl sites for hydroxylation is 1. The summed E-state index contributed by atoms with van der Waals surface area (Å²) < 4.78 is 0. The summed E-state index contributed by atoms with van der Waals surface area (Å²) >= 11 is 0. The van der Waals surface area contributed by atoms with Crippen LogP contribution >= 0.6 is 0 Å². The van der Waals surface area contributed by atoms with Crippen LogP contribution in [0.5, 0.6) is 0 Å². The van der Waals surface area contributed by atoms with Gasteiger partial charge in [-0.3, -0.25) is 4.79 Å². The molecule has 1 saturated carbocycles. The van der Waals surface area contributed by atoms with Crippen LogP contribution in [0.25, 0.3) is 0 Å². The van der Waals surface area contributed by atoms with E-state index >= 15 is 0 Å². The molecular formula is C34H49N7O3. The maximum Gasteiger partial charge on any atom is 0.280 e. The Kier molecular flexibility index (Phi) is 9.68. The van der Waals surface area contributed by atoms with E-state index < -0.39 is 11.8 Å². The SMILES string of the molecule is C=C(C1CCC2[C@@H](CCc3cc(C(=O)N(C)C)ccc3C2(CCNCC(=C)N2CCCC2C#N)C2=NC(O)ON2)C1)N(C)C. The fourth-order valence-corrected chi connectivity index (χ4v) is 8.19. The molecule has 1 aromatic carbocycles. The summed E-state index contributed by atoms with van der Waals surface area (Å²) in [4.78, 5) is 29.0. The molecule has 4 aliphatic rings. The zero-order valence-corrected chi connectivity index (χ0v) is 26.8. The fourth-order valence-electron chi connectivity index (χ4n) is 8.19. The molecule has 0 bridgehead atoms. The van der Waals surface area contributed by atoms with Gasteiger partial charge in [0.15, 0.2) is 0 Å². The third kappa shape index (κ3) is 6.10. The van der Waals surface area contributed by atoms with Crippen molar-refractivity contribution in [1.82, 2.24) is 25.5 Å². The van der Waals surface area contributed by atoms with E-state index in [4.69, 9.17) is 4.84 Å². The first-order chi connectivity index (χ1) is 21.1. The lowest BCUT2D eigenvalue weighted by molar-refractivity contribution is -0.103. The largest absolute Gasteiger partial charge is 0.381 e. The first-order valence-corrected chi connectivity index (χ1v) is 16.0. The van der Waals surface area contributed by atoms with Gasteiger partial charge in [0, 0.05) is 58.2 Å². The summed E-state index contributed by atoms with van der Waals surface area (Å²) in [6, 6.07) is 8.43. The zero-order chi connectivity index (χ0) is 31.6. The van der Waals surface area contributed by atoms with Crippen molar-refractivity contribution in [3.63, 3.8) is 0 Å². The van der Waals surface area contributed by atoms with Crippen LogP contribution in [-0.2, 0) is 16.7 Å². The van der Waals surface area contributed by atoms with Gasteiger partial charge < -0.3 is 25.1 Å². The van der Waals surface area contributed by atoms with E-state index in [0.29, 0.717) is 36.3 Å².